The van der Waals surface area contributed by atoms with Gasteiger partial charge in [0.15, 0.2) is 0 Å². The van der Waals surface area contributed by atoms with Crippen LogP contribution in [0.3, 0.4) is 0 Å². The zero-order chi connectivity index (χ0) is 11.3. The molecule has 0 bridgehead atoms. The van der Waals surface area contributed by atoms with Crippen LogP contribution in [0.4, 0.5) is 0 Å². The first kappa shape index (κ1) is 11.5. The Morgan fingerprint density at radius 1 is 1.40 bits per heavy atom. The summed E-state index contributed by atoms with van der Waals surface area (Å²) in [5.74, 6) is -0.360. The predicted molar refractivity (Wildman–Crippen MR) is 56.2 cm³/mol. The summed E-state index contributed by atoms with van der Waals surface area (Å²) < 4.78 is 0. The zero-order valence-corrected chi connectivity index (χ0v) is 8.60. The minimum Gasteiger partial charge on any atom is -0.508 e. The van der Waals surface area contributed by atoms with Crippen LogP contribution in [0.25, 0.3) is 0 Å². The number of amides is 1. The van der Waals surface area contributed by atoms with Gasteiger partial charge in [-0.3, -0.25) is 4.79 Å². The van der Waals surface area contributed by atoms with Crippen LogP contribution in [-0.2, 0) is 11.3 Å². The van der Waals surface area contributed by atoms with Gasteiger partial charge in [-0.1, -0.05) is 19.1 Å². The van der Waals surface area contributed by atoms with Gasteiger partial charge in [0, 0.05) is 6.54 Å². The SMILES string of the molecule is CC(CO)C(=O)NCc1ccc(O)cc1. The second-order valence-corrected chi connectivity index (χ2v) is 3.47. The van der Waals surface area contributed by atoms with Gasteiger partial charge in [-0.2, -0.15) is 0 Å². The zero-order valence-electron chi connectivity index (χ0n) is 8.60. The Hall–Kier alpha value is -1.55. The molecule has 0 heterocycles. The van der Waals surface area contributed by atoms with Gasteiger partial charge in [-0.15, -0.1) is 0 Å². The molecule has 0 aromatic heterocycles. The smallest absolute Gasteiger partial charge is 0.225 e. The lowest BCUT2D eigenvalue weighted by molar-refractivity contribution is -0.125. The van der Waals surface area contributed by atoms with E-state index in [9.17, 15) is 4.79 Å². The highest BCUT2D eigenvalue weighted by molar-refractivity contribution is 5.78. The summed E-state index contributed by atoms with van der Waals surface area (Å²) >= 11 is 0. The Balaban J connectivity index is 2.43. The third kappa shape index (κ3) is 3.59. The molecule has 1 atom stereocenters. The molecule has 0 fully saturated rings. The number of aromatic hydroxyl groups is 1. The van der Waals surface area contributed by atoms with Crippen LogP contribution in [0.2, 0.25) is 0 Å². The number of nitrogens with one attached hydrogen (secondary N) is 1. The Morgan fingerprint density at radius 3 is 2.53 bits per heavy atom. The number of aliphatic hydroxyl groups is 1. The fourth-order valence-electron chi connectivity index (χ4n) is 1.06. The van der Waals surface area contributed by atoms with Crippen molar-refractivity contribution in [2.24, 2.45) is 5.92 Å². The molecule has 0 aliphatic rings. The summed E-state index contributed by atoms with van der Waals surface area (Å²) in [6.07, 6.45) is 0. The number of hydrogen-bond donors (Lipinski definition) is 3. The van der Waals surface area contributed by atoms with E-state index < -0.39 is 0 Å². The number of carbonyl (C=O) groups excluding carboxylic acids is 1. The van der Waals surface area contributed by atoms with E-state index in [1.807, 2.05) is 0 Å². The number of hydrogen-bond acceptors (Lipinski definition) is 3. The third-order valence-electron chi connectivity index (χ3n) is 2.12. The van der Waals surface area contributed by atoms with E-state index in [1.165, 1.54) is 0 Å². The molecular formula is C11H15NO3. The van der Waals surface area contributed by atoms with Crippen LogP contribution < -0.4 is 5.32 Å². The van der Waals surface area contributed by atoms with Gasteiger partial charge in [0.1, 0.15) is 5.75 Å². The third-order valence-corrected chi connectivity index (χ3v) is 2.12. The van der Waals surface area contributed by atoms with Gasteiger partial charge in [0.05, 0.1) is 12.5 Å². The Bertz CT molecular complexity index is 321. The Morgan fingerprint density at radius 2 is 2.00 bits per heavy atom. The average molecular weight is 209 g/mol. The van der Waals surface area contributed by atoms with Gasteiger partial charge in [0.25, 0.3) is 0 Å². The van der Waals surface area contributed by atoms with Crippen molar-refractivity contribution < 1.29 is 15.0 Å². The quantitative estimate of drug-likeness (QED) is 0.681. The van der Waals surface area contributed by atoms with E-state index in [1.54, 1.807) is 31.2 Å². The highest BCUT2D eigenvalue weighted by Crippen LogP contribution is 2.09. The first-order chi connectivity index (χ1) is 7.13. The van der Waals surface area contributed by atoms with Crippen molar-refractivity contribution in [3.8, 4) is 5.75 Å². The maximum Gasteiger partial charge on any atom is 0.225 e. The number of phenolic OH excluding ortho intramolecular Hbond substituents is 1. The lowest BCUT2D eigenvalue weighted by Gasteiger charge is -2.09. The molecule has 1 unspecified atom stereocenters. The molecule has 1 amide bonds. The second-order valence-electron chi connectivity index (χ2n) is 3.47. The number of aliphatic hydroxyl groups excluding tert-OH is 1. The molecule has 0 aliphatic carbocycles. The molecule has 1 aromatic rings. The van der Waals surface area contributed by atoms with Crippen molar-refractivity contribution in [2.45, 2.75) is 13.5 Å². The fraction of sp³-hybridized carbons (Fsp3) is 0.364. The highest BCUT2D eigenvalue weighted by atomic mass is 16.3. The van der Waals surface area contributed by atoms with Gasteiger partial charge < -0.3 is 15.5 Å². The lowest BCUT2D eigenvalue weighted by Crippen LogP contribution is -2.30. The molecule has 4 nitrogen and oxygen atoms in total. The predicted octanol–water partition coefficient (Wildman–Crippen LogP) is 0.637. The van der Waals surface area contributed by atoms with Crippen molar-refractivity contribution in [1.82, 2.24) is 5.32 Å². The topological polar surface area (TPSA) is 69.6 Å². The maximum atomic E-state index is 11.3. The Labute approximate surface area is 88.6 Å². The second kappa shape index (κ2) is 5.36. The van der Waals surface area contributed by atoms with Gasteiger partial charge in [-0.05, 0) is 17.7 Å². The first-order valence-corrected chi connectivity index (χ1v) is 4.80. The summed E-state index contributed by atoms with van der Waals surface area (Å²) in [5, 5.41) is 20.5. The van der Waals surface area contributed by atoms with E-state index in [2.05, 4.69) is 5.32 Å². The van der Waals surface area contributed by atoms with Crippen molar-refractivity contribution in [3.05, 3.63) is 29.8 Å². The summed E-state index contributed by atoms with van der Waals surface area (Å²) in [6.45, 7) is 1.91. The monoisotopic (exact) mass is 209 g/mol. The molecule has 1 rings (SSSR count). The van der Waals surface area contributed by atoms with E-state index in [-0.39, 0.29) is 24.2 Å². The number of benzene rings is 1. The molecule has 0 spiro atoms. The van der Waals surface area contributed by atoms with Crippen molar-refractivity contribution >= 4 is 5.91 Å². The molecule has 0 aliphatic heterocycles. The lowest BCUT2D eigenvalue weighted by atomic mass is 10.1. The van der Waals surface area contributed by atoms with Crippen molar-refractivity contribution in [2.75, 3.05) is 6.61 Å². The molecule has 3 N–H and O–H groups in total. The van der Waals surface area contributed by atoms with Crippen LogP contribution in [0.1, 0.15) is 12.5 Å². The number of carbonyl (C=O) groups is 1. The van der Waals surface area contributed by atoms with Crippen LogP contribution in [-0.4, -0.2) is 22.7 Å². The maximum absolute atomic E-state index is 11.3. The van der Waals surface area contributed by atoms with E-state index in [0.717, 1.165) is 5.56 Å². The minimum atomic E-state index is -0.387. The highest BCUT2D eigenvalue weighted by Gasteiger charge is 2.10. The summed E-state index contributed by atoms with van der Waals surface area (Å²) in [5.41, 5.74) is 0.909. The minimum absolute atomic E-state index is 0.151. The van der Waals surface area contributed by atoms with Crippen LogP contribution in [0.15, 0.2) is 24.3 Å². The Kier molecular flexibility index (Phi) is 4.12. The first-order valence-electron chi connectivity index (χ1n) is 4.80. The molecule has 0 radical (unpaired) electrons. The molecule has 1 aromatic carbocycles. The largest absolute Gasteiger partial charge is 0.508 e. The van der Waals surface area contributed by atoms with Gasteiger partial charge >= 0.3 is 0 Å². The van der Waals surface area contributed by atoms with E-state index >= 15 is 0 Å². The molecular weight excluding hydrogens is 194 g/mol. The van der Waals surface area contributed by atoms with Crippen LogP contribution in [0.5, 0.6) is 5.75 Å². The molecule has 0 saturated heterocycles. The normalized spacial score (nSPS) is 12.1. The summed E-state index contributed by atoms with van der Waals surface area (Å²) in [4.78, 5) is 11.3. The van der Waals surface area contributed by atoms with Crippen molar-refractivity contribution in [1.29, 1.82) is 0 Å². The van der Waals surface area contributed by atoms with Crippen molar-refractivity contribution in [3.63, 3.8) is 0 Å². The summed E-state index contributed by atoms with van der Waals surface area (Å²) in [6, 6.07) is 6.60. The standard InChI is InChI=1S/C11H15NO3/c1-8(7-13)11(15)12-6-9-2-4-10(14)5-3-9/h2-5,8,13-14H,6-7H2,1H3,(H,12,15). The molecule has 82 valence electrons. The molecule has 4 heteroatoms. The molecule has 15 heavy (non-hydrogen) atoms. The van der Waals surface area contributed by atoms with E-state index in [0.29, 0.717) is 6.54 Å². The number of phenols is 1. The summed E-state index contributed by atoms with van der Waals surface area (Å²) in [7, 11) is 0. The van der Waals surface area contributed by atoms with Gasteiger partial charge in [0.2, 0.25) is 5.91 Å². The van der Waals surface area contributed by atoms with Crippen LogP contribution >= 0.6 is 0 Å². The average Bonchev–Trinajstić information content (AvgIpc) is 2.26. The van der Waals surface area contributed by atoms with E-state index in [4.69, 9.17) is 10.2 Å². The molecule has 0 saturated carbocycles. The number of rotatable bonds is 4. The fourth-order valence-corrected chi connectivity index (χ4v) is 1.06. The van der Waals surface area contributed by atoms with Gasteiger partial charge in [-0.25, -0.2) is 0 Å². The van der Waals surface area contributed by atoms with Crippen LogP contribution in [0, 0.1) is 5.92 Å².